The average Bonchev–Trinajstić information content (AvgIpc) is 3.02. The van der Waals surface area contributed by atoms with Crippen molar-refractivity contribution in [1.29, 1.82) is 0 Å². The Morgan fingerprint density at radius 2 is 1.75 bits per heavy atom. The molecule has 0 bridgehead atoms. The molecular formula is C37H39ClF4N4O6+2. The minimum Gasteiger partial charge on any atom is -0.481 e. The van der Waals surface area contributed by atoms with Gasteiger partial charge < -0.3 is 9.67 Å². The number of carbonyl (C=O) groups is 3. The van der Waals surface area contributed by atoms with Crippen LogP contribution in [0.2, 0.25) is 5.02 Å². The molecule has 15 heteroatoms. The van der Waals surface area contributed by atoms with Gasteiger partial charge in [0.25, 0.3) is 11.6 Å². The quantitative estimate of drug-likeness (QED) is 0.156. The lowest BCUT2D eigenvalue weighted by Gasteiger charge is -2.38. The highest BCUT2D eigenvalue weighted by molar-refractivity contribution is 6.30. The number of hydrogen-bond acceptors (Lipinski definition) is 6. The molecule has 52 heavy (non-hydrogen) atoms. The molecule has 3 heterocycles. The van der Waals surface area contributed by atoms with Crippen LogP contribution in [-0.4, -0.2) is 92.6 Å². The van der Waals surface area contributed by atoms with E-state index in [9.17, 15) is 37.5 Å². The molecule has 1 saturated heterocycles. The van der Waals surface area contributed by atoms with Gasteiger partial charge in [0.2, 0.25) is 0 Å². The fourth-order valence-corrected chi connectivity index (χ4v) is 7.34. The van der Waals surface area contributed by atoms with E-state index in [0.717, 1.165) is 25.8 Å². The van der Waals surface area contributed by atoms with Gasteiger partial charge in [-0.15, -0.1) is 13.2 Å². The Labute approximate surface area is 302 Å². The second-order valence-corrected chi connectivity index (χ2v) is 13.9. The van der Waals surface area contributed by atoms with Gasteiger partial charge in [0.15, 0.2) is 17.8 Å². The molecule has 2 amide bonds. The standard InChI is InChI=1S/C37H38ClF4N4O6/c1-20-11-30(43(5)34(49)27-7-6-8-45(35(27)50)10-9-44-18-26(19-44)52-37(40,41)42)36(51)46(17-20)29(16-31(47)48)28-15-24(12-23(4)33(28)39)32-21(2)13-25(38)14-22(32)3/h6-8,12-15,17,20,26,29-30H,5,9-11,16,18-19H2,1-4H3/q+1/p+1/t20?,29-,30-/m0/s1. The van der Waals surface area contributed by atoms with E-state index in [1.54, 1.807) is 36.9 Å². The predicted octanol–water partition coefficient (Wildman–Crippen LogP) is 5.54. The van der Waals surface area contributed by atoms with Crippen LogP contribution < -0.4 is 5.56 Å². The number of nitrogens with zero attached hydrogens (tertiary/aromatic N) is 4. The number of hydrogen-bond donors (Lipinski definition) is 1. The highest BCUT2D eigenvalue weighted by atomic mass is 35.5. The van der Waals surface area contributed by atoms with Crippen molar-refractivity contribution in [2.45, 2.75) is 71.6 Å². The van der Waals surface area contributed by atoms with E-state index in [1.165, 1.54) is 35.2 Å². The number of amides is 2. The van der Waals surface area contributed by atoms with Crippen LogP contribution >= 0.6 is 11.6 Å². The number of alkyl halides is 3. The number of carboxylic acid groups (broad SMARTS) is 1. The molecule has 1 N–H and O–H groups in total. The van der Waals surface area contributed by atoms with E-state index >= 15 is 4.39 Å². The SMILES string of the molecule is C=[N+](C(=O)c1cccn(CCN2CC(OC(F)(F)F)C2)c1=O)[C@H]1CC(C)C=[N+]([C@@H](CC(=O)O)c2cc(-c3c(C)cc(Cl)cc3C)cc(C)c2F)C1=O. The van der Waals surface area contributed by atoms with Crippen molar-refractivity contribution in [2.24, 2.45) is 5.92 Å². The number of aryl methyl sites for hydroxylation is 3. The smallest absolute Gasteiger partial charge is 0.481 e. The summed E-state index contributed by atoms with van der Waals surface area (Å²) in [6.07, 6.45) is -3.30. The Kier molecular flexibility index (Phi) is 11.3. The number of halogens is 5. The van der Waals surface area contributed by atoms with E-state index in [2.05, 4.69) is 11.5 Å². The van der Waals surface area contributed by atoms with Crippen LogP contribution in [0.5, 0.6) is 0 Å². The average molecular weight is 747 g/mol. The summed E-state index contributed by atoms with van der Waals surface area (Å²) in [5, 5.41) is 10.5. The highest BCUT2D eigenvalue weighted by Gasteiger charge is 2.49. The van der Waals surface area contributed by atoms with Crippen molar-refractivity contribution in [3.8, 4) is 11.1 Å². The molecule has 0 aliphatic carbocycles. The maximum atomic E-state index is 16.0. The topological polar surface area (TPSA) is 112 Å². The van der Waals surface area contributed by atoms with Gasteiger partial charge in [0.1, 0.15) is 19.0 Å². The first-order valence-electron chi connectivity index (χ1n) is 16.6. The number of carboxylic acids is 1. The minimum atomic E-state index is -4.73. The Balaban J connectivity index is 1.41. The summed E-state index contributed by atoms with van der Waals surface area (Å²) >= 11 is 6.25. The van der Waals surface area contributed by atoms with Gasteiger partial charge in [0, 0.05) is 49.7 Å². The van der Waals surface area contributed by atoms with Gasteiger partial charge >= 0.3 is 24.1 Å². The molecule has 0 saturated carbocycles. The van der Waals surface area contributed by atoms with Crippen LogP contribution in [0, 0.1) is 32.5 Å². The largest absolute Gasteiger partial charge is 0.522 e. The van der Waals surface area contributed by atoms with Gasteiger partial charge in [-0.2, -0.15) is 9.15 Å². The van der Waals surface area contributed by atoms with Gasteiger partial charge in [-0.1, -0.05) is 18.5 Å². The number of likely N-dealkylation sites (tertiary alicyclic amines) is 1. The van der Waals surface area contributed by atoms with E-state index in [1.807, 2.05) is 13.8 Å². The second kappa shape index (κ2) is 15.2. The number of ether oxygens (including phenoxy) is 1. The summed E-state index contributed by atoms with van der Waals surface area (Å²) in [5.41, 5.74) is 2.29. The molecule has 1 fully saturated rings. The third-order valence-corrected chi connectivity index (χ3v) is 9.67. The zero-order valence-corrected chi connectivity index (χ0v) is 29.8. The van der Waals surface area contributed by atoms with Crippen LogP contribution in [0.25, 0.3) is 11.1 Å². The number of pyridine rings is 1. The highest BCUT2D eigenvalue weighted by Crippen LogP contribution is 2.36. The first-order valence-corrected chi connectivity index (χ1v) is 17.0. The molecule has 10 nitrogen and oxygen atoms in total. The zero-order chi connectivity index (χ0) is 38.2. The van der Waals surface area contributed by atoms with Crippen molar-refractivity contribution in [3.05, 3.63) is 91.6 Å². The Hall–Kier alpha value is -4.53. The molecular weight excluding hydrogens is 708 g/mol. The van der Waals surface area contributed by atoms with Crippen molar-refractivity contribution < 1.29 is 50.9 Å². The summed E-state index contributed by atoms with van der Waals surface area (Å²) in [4.78, 5) is 55.2. The zero-order valence-electron chi connectivity index (χ0n) is 29.0. The predicted molar refractivity (Wildman–Crippen MR) is 185 cm³/mol. The molecule has 0 radical (unpaired) electrons. The third-order valence-electron chi connectivity index (χ3n) is 9.45. The van der Waals surface area contributed by atoms with Crippen molar-refractivity contribution in [3.63, 3.8) is 0 Å². The van der Waals surface area contributed by atoms with Crippen LogP contribution in [0.4, 0.5) is 17.6 Å². The Morgan fingerprint density at radius 3 is 2.37 bits per heavy atom. The van der Waals surface area contributed by atoms with Gasteiger partial charge in [-0.05, 0) is 85.0 Å². The maximum absolute atomic E-state index is 16.0. The third kappa shape index (κ3) is 8.40. The van der Waals surface area contributed by atoms with Crippen molar-refractivity contribution in [1.82, 2.24) is 9.47 Å². The number of aromatic nitrogens is 1. The lowest BCUT2D eigenvalue weighted by Crippen LogP contribution is -2.54. The lowest BCUT2D eigenvalue weighted by atomic mass is 9.89. The normalized spacial score (nSPS) is 18.9. The lowest BCUT2D eigenvalue weighted by molar-refractivity contribution is -0.540. The summed E-state index contributed by atoms with van der Waals surface area (Å²) in [5.74, 6) is -3.90. The van der Waals surface area contributed by atoms with Gasteiger partial charge in [-0.25, -0.2) is 14.0 Å². The molecule has 3 atom stereocenters. The van der Waals surface area contributed by atoms with Crippen molar-refractivity contribution >= 4 is 42.3 Å². The summed E-state index contributed by atoms with van der Waals surface area (Å²) in [6, 6.07) is 6.96. The van der Waals surface area contributed by atoms with E-state index in [-0.39, 0.29) is 49.3 Å². The van der Waals surface area contributed by atoms with Crippen LogP contribution in [0.15, 0.2) is 47.4 Å². The van der Waals surface area contributed by atoms with Gasteiger partial charge in [0.05, 0.1) is 11.7 Å². The monoisotopic (exact) mass is 746 g/mol. The minimum absolute atomic E-state index is 0.0185. The number of rotatable bonds is 11. The molecule has 3 aromatic rings. The van der Waals surface area contributed by atoms with Crippen LogP contribution in [-0.2, 0) is 20.9 Å². The van der Waals surface area contributed by atoms with Crippen LogP contribution in [0.1, 0.15) is 58.4 Å². The number of carbonyl (C=O) groups excluding carboxylic acids is 2. The molecule has 1 aromatic heterocycles. The Morgan fingerprint density at radius 1 is 1.10 bits per heavy atom. The molecule has 2 aliphatic heterocycles. The van der Waals surface area contributed by atoms with E-state index in [4.69, 9.17) is 11.6 Å². The summed E-state index contributed by atoms with van der Waals surface area (Å²) in [6.45, 7) is 11.2. The fourth-order valence-electron chi connectivity index (χ4n) is 7.01. The number of aliphatic carboxylic acids is 1. The summed E-state index contributed by atoms with van der Waals surface area (Å²) in [7, 11) is 0. The van der Waals surface area contributed by atoms with Crippen LogP contribution in [0.3, 0.4) is 0 Å². The molecule has 2 aliphatic rings. The van der Waals surface area contributed by atoms with Crippen molar-refractivity contribution in [2.75, 3.05) is 19.6 Å². The Bertz CT molecular complexity index is 2020. The molecule has 2 aromatic carbocycles. The first-order chi connectivity index (χ1) is 24.3. The van der Waals surface area contributed by atoms with Gasteiger partial charge in [-0.3, -0.25) is 19.2 Å². The molecule has 0 spiro atoms. The maximum Gasteiger partial charge on any atom is 0.522 e. The first kappa shape index (κ1) is 38.7. The fraction of sp³-hybridized carbons (Fsp3) is 0.405. The van der Waals surface area contributed by atoms with E-state index < -0.39 is 66.0 Å². The summed E-state index contributed by atoms with van der Waals surface area (Å²) < 4.78 is 60.7. The number of benzene rings is 2. The van der Waals surface area contributed by atoms with E-state index in [0.29, 0.717) is 10.6 Å². The molecule has 5 rings (SSSR count). The molecule has 276 valence electrons. The second-order valence-electron chi connectivity index (χ2n) is 13.5. The molecule has 1 unspecified atom stereocenters.